The molecule has 3 rings (SSSR count). The van der Waals surface area contributed by atoms with Gasteiger partial charge in [-0.25, -0.2) is 8.42 Å². The van der Waals surface area contributed by atoms with Gasteiger partial charge in [-0.15, -0.1) is 0 Å². The van der Waals surface area contributed by atoms with Gasteiger partial charge in [0.2, 0.25) is 15.9 Å². The van der Waals surface area contributed by atoms with Crippen LogP contribution in [0.1, 0.15) is 11.1 Å². The molecule has 0 aliphatic heterocycles. The van der Waals surface area contributed by atoms with E-state index in [4.69, 9.17) is 23.2 Å². The van der Waals surface area contributed by atoms with E-state index in [2.05, 4.69) is 21.2 Å². The van der Waals surface area contributed by atoms with Crippen LogP contribution in [0.3, 0.4) is 0 Å². The SMILES string of the molecule is Cc1ccc(S(=O)(=O)N(CC(=O)Nc2ccc(Cl)c(Cl)c2)Cc2ccc(Br)cc2)cc1. The van der Waals surface area contributed by atoms with Crippen LogP contribution in [-0.4, -0.2) is 25.2 Å². The maximum absolute atomic E-state index is 13.3. The molecule has 0 aliphatic carbocycles. The number of hydrogen-bond donors (Lipinski definition) is 1. The van der Waals surface area contributed by atoms with Crippen LogP contribution in [0.2, 0.25) is 10.0 Å². The Morgan fingerprint density at radius 2 is 1.61 bits per heavy atom. The number of anilines is 1. The molecule has 0 saturated heterocycles. The van der Waals surface area contributed by atoms with E-state index in [0.29, 0.717) is 15.7 Å². The van der Waals surface area contributed by atoms with Crippen molar-refractivity contribution in [3.63, 3.8) is 0 Å². The highest BCUT2D eigenvalue weighted by Gasteiger charge is 2.27. The lowest BCUT2D eigenvalue weighted by Gasteiger charge is -2.22. The second kappa shape index (κ2) is 10.1. The van der Waals surface area contributed by atoms with Crippen LogP contribution in [0.4, 0.5) is 5.69 Å². The van der Waals surface area contributed by atoms with E-state index in [0.717, 1.165) is 19.9 Å². The van der Waals surface area contributed by atoms with Gasteiger partial charge in [-0.05, 0) is 55.0 Å². The Morgan fingerprint density at radius 3 is 2.23 bits per heavy atom. The van der Waals surface area contributed by atoms with E-state index in [-0.39, 0.29) is 18.0 Å². The molecule has 0 unspecified atom stereocenters. The number of benzene rings is 3. The first kappa shape index (κ1) is 23.8. The van der Waals surface area contributed by atoms with Crippen LogP contribution in [-0.2, 0) is 21.4 Å². The number of carbonyl (C=O) groups excluding carboxylic acids is 1. The zero-order chi connectivity index (χ0) is 22.6. The maximum Gasteiger partial charge on any atom is 0.243 e. The molecule has 0 radical (unpaired) electrons. The second-order valence-electron chi connectivity index (χ2n) is 6.89. The molecule has 0 heterocycles. The molecule has 0 spiro atoms. The quantitative estimate of drug-likeness (QED) is 0.405. The van der Waals surface area contributed by atoms with E-state index in [1.54, 1.807) is 36.4 Å². The summed E-state index contributed by atoms with van der Waals surface area (Å²) >= 11 is 15.3. The first-order valence-corrected chi connectivity index (χ1v) is 12.2. The Bertz CT molecular complexity index is 1180. The summed E-state index contributed by atoms with van der Waals surface area (Å²) in [5.41, 5.74) is 2.12. The number of aryl methyl sites for hydroxylation is 1. The van der Waals surface area contributed by atoms with Crippen molar-refractivity contribution < 1.29 is 13.2 Å². The number of sulfonamides is 1. The third kappa shape index (κ3) is 6.30. The molecular weight excluding hydrogens is 523 g/mol. The summed E-state index contributed by atoms with van der Waals surface area (Å²) in [4.78, 5) is 12.8. The number of rotatable bonds is 7. The molecule has 3 aromatic carbocycles. The Morgan fingerprint density at radius 1 is 0.968 bits per heavy atom. The van der Waals surface area contributed by atoms with Crippen molar-refractivity contribution in [3.8, 4) is 0 Å². The topological polar surface area (TPSA) is 66.5 Å². The molecule has 3 aromatic rings. The lowest BCUT2D eigenvalue weighted by atomic mass is 10.2. The van der Waals surface area contributed by atoms with Crippen LogP contribution in [0.5, 0.6) is 0 Å². The van der Waals surface area contributed by atoms with Gasteiger partial charge >= 0.3 is 0 Å². The Balaban J connectivity index is 1.87. The average Bonchev–Trinajstić information content (AvgIpc) is 2.72. The van der Waals surface area contributed by atoms with Crippen molar-refractivity contribution in [2.24, 2.45) is 0 Å². The summed E-state index contributed by atoms with van der Waals surface area (Å²) in [6.07, 6.45) is 0. The van der Waals surface area contributed by atoms with Crippen LogP contribution < -0.4 is 5.32 Å². The number of nitrogens with one attached hydrogen (secondary N) is 1. The molecule has 0 atom stereocenters. The minimum Gasteiger partial charge on any atom is -0.325 e. The van der Waals surface area contributed by atoms with Crippen LogP contribution in [0.15, 0.2) is 76.1 Å². The van der Waals surface area contributed by atoms with Gasteiger partial charge in [-0.1, -0.05) is 69.0 Å². The van der Waals surface area contributed by atoms with Gasteiger partial charge in [0.1, 0.15) is 0 Å². The molecule has 1 N–H and O–H groups in total. The number of halogens is 3. The predicted molar refractivity (Wildman–Crippen MR) is 128 cm³/mol. The number of amides is 1. The van der Waals surface area contributed by atoms with Gasteiger partial charge < -0.3 is 5.32 Å². The molecule has 31 heavy (non-hydrogen) atoms. The lowest BCUT2D eigenvalue weighted by molar-refractivity contribution is -0.116. The van der Waals surface area contributed by atoms with E-state index in [1.165, 1.54) is 18.2 Å². The van der Waals surface area contributed by atoms with Crippen LogP contribution in [0.25, 0.3) is 0 Å². The lowest BCUT2D eigenvalue weighted by Crippen LogP contribution is -2.37. The number of nitrogens with zero attached hydrogens (tertiary/aromatic N) is 1. The molecule has 0 aromatic heterocycles. The zero-order valence-electron chi connectivity index (χ0n) is 16.5. The fourth-order valence-corrected chi connectivity index (χ4v) is 4.76. The second-order valence-corrected chi connectivity index (χ2v) is 10.6. The van der Waals surface area contributed by atoms with Gasteiger partial charge in [0.25, 0.3) is 0 Å². The molecule has 9 heteroatoms. The summed E-state index contributed by atoms with van der Waals surface area (Å²) in [5, 5.41) is 3.32. The van der Waals surface area contributed by atoms with Crippen molar-refractivity contribution in [1.82, 2.24) is 4.31 Å². The third-order valence-electron chi connectivity index (χ3n) is 4.45. The van der Waals surface area contributed by atoms with Crippen molar-refractivity contribution in [2.45, 2.75) is 18.4 Å². The van der Waals surface area contributed by atoms with Crippen LogP contribution >= 0.6 is 39.1 Å². The summed E-state index contributed by atoms with van der Waals surface area (Å²) in [7, 11) is -3.91. The van der Waals surface area contributed by atoms with E-state index in [1.807, 2.05) is 19.1 Å². The van der Waals surface area contributed by atoms with Crippen LogP contribution in [0, 0.1) is 6.92 Å². The molecule has 5 nitrogen and oxygen atoms in total. The van der Waals surface area contributed by atoms with Gasteiger partial charge in [0, 0.05) is 16.7 Å². The van der Waals surface area contributed by atoms with Crippen molar-refractivity contribution in [2.75, 3.05) is 11.9 Å². The van der Waals surface area contributed by atoms with Gasteiger partial charge in [0.15, 0.2) is 0 Å². The molecule has 0 aliphatic rings. The minimum atomic E-state index is -3.91. The van der Waals surface area contributed by atoms with Gasteiger partial charge in [-0.3, -0.25) is 4.79 Å². The summed E-state index contributed by atoms with van der Waals surface area (Å²) in [5.74, 6) is -0.494. The van der Waals surface area contributed by atoms with Crippen molar-refractivity contribution in [3.05, 3.63) is 92.4 Å². The van der Waals surface area contributed by atoms with Gasteiger partial charge in [-0.2, -0.15) is 4.31 Å². The fraction of sp³-hybridized carbons (Fsp3) is 0.136. The maximum atomic E-state index is 13.3. The standard InChI is InChI=1S/C22H19BrCl2N2O3S/c1-15-2-9-19(10-3-15)31(29,30)27(13-16-4-6-17(23)7-5-16)14-22(28)26-18-8-11-20(24)21(25)12-18/h2-12H,13-14H2,1H3,(H,26,28). The Kier molecular flexibility index (Phi) is 7.78. The predicted octanol–water partition coefficient (Wildman–Crippen LogP) is 5.89. The average molecular weight is 542 g/mol. The number of carbonyl (C=O) groups is 1. The van der Waals surface area contributed by atoms with E-state index >= 15 is 0 Å². The first-order valence-electron chi connectivity index (χ1n) is 9.21. The van der Waals surface area contributed by atoms with E-state index < -0.39 is 15.9 Å². The Hall–Kier alpha value is -1.90. The normalized spacial score (nSPS) is 11.5. The first-order chi connectivity index (χ1) is 14.6. The highest BCUT2D eigenvalue weighted by Crippen LogP contribution is 2.25. The molecule has 1 amide bonds. The molecular formula is C22H19BrCl2N2O3S. The number of hydrogen-bond acceptors (Lipinski definition) is 3. The Labute approximate surface area is 200 Å². The fourth-order valence-electron chi connectivity index (χ4n) is 2.81. The molecule has 0 fully saturated rings. The highest BCUT2D eigenvalue weighted by atomic mass is 79.9. The minimum absolute atomic E-state index is 0.0400. The van der Waals surface area contributed by atoms with Crippen molar-refractivity contribution >= 4 is 60.7 Å². The zero-order valence-corrected chi connectivity index (χ0v) is 20.4. The largest absolute Gasteiger partial charge is 0.325 e. The summed E-state index contributed by atoms with van der Waals surface area (Å²) < 4.78 is 28.6. The molecule has 162 valence electrons. The van der Waals surface area contributed by atoms with Gasteiger partial charge in [0.05, 0.1) is 21.5 Å². The van der Waals surface area contributed by atoms with Crippen molar-refractivity contribution in [1.29, 1.82) is 0 Å². The molecule has 0 saturated carbocycles. The smallest absolute Gasteiger partial charge is 0.243 e. The molecule has 0 bridgehead atoms. The highest BCUT2D eigenvalue weighted by molar-refractivity contribution is 9.10. The third-order valence-corrected chi connectivity index (χ3v) is 7.53. The van der Waals surface area contributed by atoms with E-state index in [9.17, 15) is 13.2 Å². The summed E-state index contributed by atoms with van der Waals surface area (Å²) in [6.45, 7) is 1.55. The summed E-state index contributed by atoms with van der Waals surface area (Å²) in [6, 6.07) is 18.4. The monoisotopic (exact) mass is 540 g/mol.